The minimum atomic E-state index is -1.42. The van der Waals surface area contributed by atoms with Crippen LogP contribution in [0, 0.1) is 28.1 Å². The van der Waals surface area contributed by atoms with Gasteiger partial charge in [-0.2, -0.15) is 0 Å². The molecule has 2 aliphatic carbocycles. The normalized spacial score (nSPS) is 42.7. The Kier molecular flexibility index (Phi) is 5.76. The van der Waals surface area contributed by atoms with Crippen LogP contribution in [0.4, 0.5) is 0 Å². The first kappa shape index (κ1) is 26.9. The lowest BCUT2D eigenvalue weighted by Crippen LogP contribution is -2.72. The maximum Gasteiger partial charge on any atom is 0.339 e. The molecule has 5 rings (SSSR count). The summed E-state index contributed by atoms with van der Waals surface area (Å²) >= 11 is 0. The molecule has 0 radical (unpaired) electrons. The van der Waals surface area contributed by atoms with E-state index in [0.29, 0.717) is 18.4 Å². The van der Waals surface area contributed by atoms with Crippen molar-refractivity contribution >= 4 is 23.7 Å². The predicted molar refractivity (Wildman–Crippen MR) is 129 cm³/mol. The molecule has 4 aliphatic rings. The number of esters is 2. The predicted octanol–water partition coefficient (Wildman–Crippen LogP) is 3.21. The molecule has 0 amide bonds. The highest BCUT2D eigenvalue weighted by Crippen LogP contribution is 2.78. The van der Waals surface area contributed by atoms with Crippen molar-refractivity contribution in [2.75, 3.05) is 0 Å². The Labute approximate surface area is 221 Å². The maximum atomic E-state index is 14.2. The van der Waals surface area contributed by atoms with Gasteiger partial charge in [0, 0.05) is 35.2 Å². The fraction of sp³-hybridized carbons (Fsp3) is 0.714. The summed E-state index contributed by atoms with van der Waals surface area (Å²) in [7, 11) is 0. The second kappa shape index (κ2) is 8.14. The number of carboxylic acids is 1. The van der Waals surface area contributed by atoms with Gasteiger partial charge in [0.05, 0.1) is 31.0 Å². The Morgan fingerprint density at radius 1 is 1.18 bits per heavy atom. The molecule has 38 heavy (non-hydrogen) atoms. The standard InChI is InChI=1S/C28H36O10/c1-14(29)37-24(2,3)20-16(30)12-26(5)17(27(20,6)18(31)11-19(32)33)7-9-25(4)21(15-8-10-35-13-15)36-23(34)22-28(25,26)38-22/h8,10,13,17-18,20-22,31H,7,9,11-12H2,1-6H3,(H,32,33)/t17-,18+,20-,21-,22+,25-,26+,27-,28-/m0/s1. The highest BCUT2D eigenvalue weighted by atomic mass is 16.7. The molecule has 0 unspecified atom stereocenters. The molecule has 0 bridgehead atoms. The largest absolute Gasteiger partial charge is 0.481 e. The van der Waals surface area contributed by atoms with Crippen molar-refractivity contribution in [1.82, 2.24) is 0 Å². The molecule has 2 aliphatic heterocycles. The fourth-order valence-electron chi connectivity index (χ4n) is 9.23. The Balaban J connectivity index is 1.67. The fourth-order valence-corrected chi connectivity index (χ4v) is 9.23. The minimum Gasteiger partial charge on any atom is -0.481 e. The van der Waals surface area contributed by atoms with Gasteiger partial charge in [0.25, 0.3) is 0 Å². The lowest BCUT2D eigenvalue weighted by molar-refractivity contribution is -0.241. The van der Waals surface area contributed by atoms with Gasteiger partial charge in [-0.05, 0) is 38.7 Å². The Hall–Kier alpha value is -2.72. The number of furan rings is 1. The van der Waals surface area contributed by atoms with Crippen LogP contribution in [-0.2, 0) is 33.4 Å². The van der Waals surface area contributed by atoms with E-state index in [9.17, 15) is 29.4 Å². The van der Waals surface area contributed by atoms with Crippen LogP contribution in [0.25, 0.3) is 0 Å². The third-order valence-electron chi connectivity index (χ3n) is 10.3. The summed E-state index contributed by atoms with van der Waals surface area (Å²) in [6.45, 7) is 10.1. The second-order valence-electron chi connectivity index (χ2n) is 12.8. The second-order valence-corrected chi connectivity index (χ2v) is 12.8. The first-order chi connectivity index (χ1) is 17.6. The summed E-state index contributed by atoms with van der Waals surface area (Å²) in [6, 6.07) is 1.75. The van der Waals surface area contributed by atoms with Crippen molar-refractivity contribution in [3.05, 3.63) is 24.2 Å². The molecular formula is C28H36O10. The number of epoxide rings is 1. The van der Waals surface area contributed by atoms with Crippen LogP contribution < -0.4 is 0 Å². The van der Waals surface area contributed by atoms with Crippen molar-refractivity contribution in [3.8, 4) is 0 Å². The van der Waals surface area contributed by atoms with Gasteiger partial charge < -0.3 is 28.8 Å². The van der Waals surface area contributed by atoms with E-state index < -0.39 is 81.9 Å². The number of rotatable bonds is 6. The third-order valence-corrected chi connectivity index (χ3v) is 10.3. The minimum absolute atomic E-state index is 0.0138. The molecule has 1 aromatic rings. The average Bonchev–Trinajstić information content (AvgIpc) is 3.35. The van der Waals surface area contributed by atoms with Crippen molar-refractivity contribution in [3.63, 3.8) is 0 Å². The molecule has 0 aromatic carbocycles. The van der Waals surface area contributed by atoms with E-state index in [1.165, 1.54) is 13.2 Å². The van der Waals surface area contributed by atoms with E-state index in [2.05, 4.69) is 0 Å². The molecule has 2 N–H and O–H groups in total. The average molecular weight is 533 g/mol. The zero-order valence-corrected chi connectivity index (χ0v) is 22.6. The molecule has 208 valence electrons. The zero-order chi connectivity index (χ0) is 28.1. The van der Waals surface area contributed by atoms with Crippen molar-refractivity contribution in [2.45, 2.75) is 96.7 Å². The number of fused-ring (bicyclic) bond motifs is 1. The molecule has 3 heterocycles. The molecule has 2 saturated carbocycles. The summed E-state index contributed by atoms with van der Waals surface area (Å²) < 4.78 is 23.1. The number of ketones is 1. The maximum absolute atomic E-state index is 14.2. The number of aliphatic carboxylic acids is 1. The van der Waals surface area contributed by atoms with Crippen molar-refractivity contribution in [1.29, 1.82) is 0 Å². The number of carbonyl (C=O) groups excluding carboxylic acids is 3. The monoisotopic (exact) mass is 532 g/mol. The number of Topliss-reactive ketones (excluding diaryl/α,β-unsaturated/α-hetero) is 1. The molecule has 4 fully saturated rings. The number of cyclic esters (lactones) is 1. The van der Waals surface area contributed by atoms with Gasteiger partial charge in [0.2, 0.25) is 0 Å². The third kappa shape index (κ3) is 3.25. The van der Waals surface area contributed by atoms with E-state index in [-0.39, 0.29) is 12.2 Å². The summed E-state index contributed by atoms with van der Waals surface area (Å²) in [5, 5.41) is 21.2. The van der Waals surface area contributed by atoms with Crippen molar-refractivity contribution < 1.29 is 48.0 Å². The number of aliphatic hydroxyl groups excluding tert-OH is 1. The number of hydrogen-bond acceptors (Lipinski definition) is 9. The van der Waals surface area contributed by atoms with Gasteiger partial charge >= 0.3 is 17.9 Å². The van der Waals surface area contributed by atoms with Gasteiger partial charge in [0.1, 0.15) is 23.1 Å². The smallest absolute Gasteiger partial charge is 0.339 e. The van der Waals surface area contributed by atoms with Crippen LogP contribution in [-0.4, -0.2) is 57.3 Å². The molecule has 1 spiro atoms. The highest BCUT2D eigenvalue weighted by molar-refractivity contribution is 5.88. The number of carboxylic acid groups (broad SMARTS) is 1. The van der Waals surface area contributed by atoms with E-state index in [4.69, 9.17) is 18.6 Å². The number of ether oxygens (including phenoxy) is 3. The number of aliphatic hydroxyl groups is 1. The van der Waals surface area contributed by atoms with Gasteiger partial charge in [-0.3, -0.25) is 14.4 Å². The lowest BCUT2D eigenvalue weighted by Gasteiger charge is -2.66. The number of carbonyl (C=O) groups is 4. The summed E-state index contributed by atoms with van der Waals surface area (Å²) in [6.07, 6.45) is 0.543. The van der Waals surface area contributed by atoms with E-state index >= 15 is 0 Å². The quantitative estimate of drug-likeness (QED) is 0.412. The van der Waals surface area contributed by atoms with Crippen LogP contribution >= 0.6 is 0 Å². The van der Waals surface area contributed by atoms with Crippen molar-refractivity contribution in [2.24, 2.45) is 28.1 Å². The molecule has 10 heteroatoms. The van der Waals surface area contributed by atoms with E-state index in [0.717, 1.165) is 0 Å². The molecule has 2 saturated heterocycles. The van der Waals surface area contributed by atoms with Gasteiger partial charge in [-0.25, -0.2) is 4.79 Å². The molecule has 9 atom stereocenters. The van der Waals surface area contributed by atoms with Crippen LogP contribution in [0.5, 0.6) is 0 Å². The Morgan fingerprint density at radius 2 is 1.87 bits per heavy atom. The van der Waals surface area contributed by atoms with Crippen LogP contribution in [0.15, 0.2) is 23.0 Å². The van der Waals surface area contributed by atoms with Crippen LogP contribution in [0.3, 0.4) is 0 Å². The van der Waals surface area contributed by atoms with E-state index in [1.807, 2.05) is 13.8 Å². The lowest BCUT2D eigenvalue weighted by atomic mass is 9.37. The van der Waals surface area contributed by atoms with Crippen LogP contribution in [0.2, 0.25) is 0 Å². The molecule has 10 nitrogen and oxygen atoms in total. The Bertz CT molecular complexity index is 1190. The van der Waals surface area contributed by atoms with Gasteiger partial charge in [0.15, 0.2) is 6.10 Å². The first-order valence-corrected chi connectivity index (χ1v) is 13.1. The van der Waals surface area contributed by atoms with Crippen LogP contribution in [0.1, 0.15) is 78.9 Å². The molecular weight excluding hydrogens is 496 g/mol. The molecule has 1 aromatic heterocycles. The van der Waals surface area contributed by atoms with Gasteiger partial charge in [-0.1, -0.05) is 20.8 Å². The highest BCUT2D eigenvalue weighted by Gasteiger charge is 2.87. The van der Waals surface area contributed by atoms with Gasteiger partial charge in [-0.15, -0.1) is 0 Å². The zero-order valence-electron chi connectivity index (χ0n) is 22.6. The summed E-state index contributed by atoms with van der Waals surface area (Å²) in [4.78, 5) is 51.2. The van der Waals surface area contributed by atoms with E-state index in [1.54, 1.807) is 33.1 Å². The first-order valence-electron chi connectivity index (χ1n) is 13.1. The topological polar surface area (TPSA) is 153 Å². The summed E-state index contributed by atoms with van der Waals surface area (Å²) in [5.74, 6) is -3.99. The summed E-state index contributed by atoms with van der Waals surface area (Å²) in [5.41, 5.74) is -4.65. The Morgan fingerprint density at radius 3 is 2.45 bits per heavy atom. The number of hydrogen-bond donors (Lipinski definition) is 2. The SMILES string of the molecule is CC(=O)OC(C)(C)[C@@H]1C(=O)C[C@]2(C)[C@H](CC[C@@]3(C)[C@H](c4ccoc4)OC(=O)[C@H]4O[C@@]432)[C@@]1(C)[C@H](O)CC(=O)O.